The second-order valence-electron chi connectivity index (χ2n) is 13.6. The molecule has 1 aromatic heterocycles. The quantitative estimate of drug-likeness (QED) is 0.199. The molecule has 0 aliphatic rings. The van der Waals surface area contributed by atoms with Gasteiger partial charge in [-0.15, -0.1) is 0 Å². The number of hydrogen-bond acceptors (Lipinski definition) is 1. The lowest BCUT2D eigenvalue weighted by atomic mass is 9.86. The zero-order valence-corrected chi connectivity index (χ0v) is 25.4. The maximum absolute atomic E-state index is 2.41. The Morgan fingerprint density at radius 2 is 0.810 bits per heavy atom. The third-order valence-corrected chi connectivity index (χ3v) is 8.67. The lowest BCUT2D eigenvalue weighted by molar-refractivity contribution is 0.590. The minimum atomic E-state index is 0.110. The van der Waals surface area contributed by atoms with Crippen molar-refractivity contribution < 1.29 is 0 Å². The zero-order valence-electron chi connectivity index (χ0n) is 25.4. The zero-order chi connectivity index (χ0) is 29.2. The summed E-state index contributed by atoms with van der Waals surface area (Å²) in [6.07, 6.45) is 0. The summed E-state index contributed by atoms with van der Waals surface area (Å²) in [6.45, 7) is 13.6. The lowest BCUT2D eigenvalue weighted by Crippen LogP contribution is -2.14. The average Bonchev–Trinajstić information content (AvgIpc) is 3.32. The van der Waals surface area contributed by atoms with Gasteiger partial charge in [-0.3, -0.25) is 0 Å². The first-order valence-corrected chi connectivity index (χ1v) is 15.0. The van der Waals surface area contributed by atoms with Crippen LogP contribution in [0.1, 0.15) is 52.7 Å². The van der Waals surface area contributed by atoms with Crippen molar-refractivity contribution in [2.24, 2.45) is 0 Å². The van der Waals surface area contributed by atoms with Gasteiger partial charge in [-0.05, 0) is 93.4 Å². The summed E-state index contributed by atoms with van der Waals surface area (Å²) in [5.41, 5.74) is 10.0. The van der Waals surface area contributed by atoms with Gasteiger partial charge >= 0.3 is 0 Å². The van der Waals surface area contributed by atoms with Gasteiger partial charge in [0, 0.05) is 33.5 Å². The minimum absolute atomic E-state index is 0.110. The van der Waals surface area contributed by atoms with Crippen molar-refractivity contribution in [2.45, 2.75) is 52.4 Å². The first-order valence-electron chi connectivity index (χ1n) is 15.0. The molecule has 0 saturated carbocycles. The Morgan fingerprint density at radius 3 is 1.19 bits per heavy atom. The molecule has 208 valence electrons. The van der Waals surface area contributed by atoms with Gasteiger partial charge in [0.05, 0.1) is 11.0 Å². The van der Waals surface area contributed by atoms with E-state index in [0.717, 1.165) is 17.1 Å². The normalized spacial score (nSPS) is 12.5. The molecular formula is C40H38N2. The molecule has 0 aliphatic carbocycles. The fourth-order valence-corrected chi connectivity index (χ4v) is 6.32. The first kappa shape index (κ1) is 26.3. The van der Waals surface area contributed by atoms with Crippen LogP contribution in [0.5, 0.6) is 0 Å². The maximum atomic E-state index is 2.41. The summed E-state index contributed by atoms with van der Waals surface area (Å²) >= 11 is 0. The molecule has 2 nitrogen and oxygen atoms in total. The Hall–Kier alpha value is -4.56. The number of hydrogen-bond donors (Lipinski definition) is 0. The van der Waals surface area contributed by atoms with Gasteiger partial charge in [0.25, 0.3) is 0 Å². The van der Waals surface area contributed by atoms with E-state index in [2.05, 4.69) is 172 Å². The third kappa shape index (κ3) is 4.34. The predicted octanol–water partition coefficient (Wildman–Crippen LogP) is 11.4. The molecule has 2 heteroatoms. The van der Waals surface area contributed by atoms with Gasteiger partial charge in [-0.25, -0.2) is 0 Å². The Morgan fingerprint density at radius 1 is 0.429 bits per heavy atom. The van der Waals surface area contributed by atoms with Crippen LogP contribution in [0.4, 0.5) is 17.1 Å². The number of rotatable bonds is 4. The van der Waals surface area contributed by atoms with E-state index in [-0.39, 0.29) is 10.8 Å². The highest BCUT2D eigenvalue weighted by Gasteiger charge is 2.20. The van der Waals surface area contributed by atoms with Crippen LogP contribution >= 0.6 is 0 Å². The second-order valence-corrected chi connectivity index (χ2v) is 13.6. The monoisotopic (exact) mass is 546 g/mol. The number of nitrogens with zero attached hydrogens (tertiary/aromatic N) is 2. The van der Waals surface area contributed by atoms with Gasteiger partial charge in [0.2, 0.25) is 0 Å². The number of benzene rings is 6. The Labute approximate surface area is 249 Å². The van der Waals surface area contributed by atoms with E-state index in [9.17, 15) is 0 Å². The molecule has 0 aliphatic heterocycles. The van der Waals surface area contributed by atoms with Crippen molar-refractivity contribution in [1.29, 1.82) is 0 Å². The predicted molar refractivity (Wildman–Crippen MR) is 182 cm³/mol. The molecule has 0 radical (unpaired) electrons. The lowest BCUT2D eigenvalue weighted by Gasteiger charge is -2.28. The van der Waals surface area contributed by atoms with Crippen LogP contribution < -0.4 is 4.90 Å². The summed E-state index contributed by atoms with van der Waals surface area (Å²) in [4.78, 5) is 2.36. The Bertz CT molecular complexity index is 1890. The van der Waals surface area contributed by atoms with Gasteiger partial charge in [0.15, 0.2) is 0 Å². The molecule has 0 fully saturated rings. The minimum Gasteiger partial charge on any atom is -0.311 e. The van der Waals surface area contributed by atoms with Crippen LogP contribution in [0.2, 0.25) is 0 Å². The van der Waals surface area contributed by atoms with Crippen LogP contribution in [0.15, 0.2) is 121 Å². The Kier molecular flexibility index (Phi) is 5.95. The molecule has 0 unspecified atom stereocenters. The smallest absolute Gasteiger partial charge is 0.0547 e. The molecule has 0 amide bonds. The van der Waals surface area contributed by atoms with Crippen molar-refractivity contribution in [1.82, 2.24) is 4.57 Å². The standard InChI is InChI=1S/C40H38N2/c1-39(2,3)29-15-19-31(20-16-29)41(32-21-17-30(18-22-32)40(4,5)6)33-23-25-34(26-24-33)42-35-11-7-9-27-13-14-28-10-8-12-36(42)38(28)37(27)35/h7-26H,1-6H3. The van der Waals surface area contributed by atoms with Crippen molar-refractivity contribution in [2.75, 3.05) is 4.90 Å². The summed E-state index contributed by atoms with van der Waals surface area (Å²) in [6, 6.07) is 44.9. The topological polar surface area (TPSA) is 8.17 Å². The molecule has 0 atom stereocenters. The second kappa shape index (κ2) is 9.49. The molecule has 42 heavy (non-hydrogen) atoms. The molecule has 0 spiro atoms. The highest BCUT2D eigenvalue weighted by atomic mass is 15.1. The Balaban J connectivity index is 1.36. The van der Waals surface area contributed by atoms with E-state index in [1.54, 1.807) is 0 Å². The van der Waals surface area contributed by atoms with E-state index in [1.807, 2.05) is 0 Å². The van der Waals surface area contributed by atoms with Crippen LogP contribution in [0.3, 0.4) is 0 Å². The maximum Gasteiger partial charge on any atom is 0.0547 e. The molecule has 0 saturated heterocycles. The molecule has 1 heterocycles. The van der Waals surface area contributed by atoms with E-state index in [1.165, 1.54) is 49.4 Å². The summed E-state index contributed by atoms with van der Waals surface area (Å²) in [7, 11) is 0. The van der Waals surface area contributed by atoms with Crippen molar-refractivity contribution >= 4 is 49.6 Å². The van der Waals surface area contributed by atoms with Gasteiger partial charge in [-0.1, -0.05) is 102 Å². The van der Waals surface area contributed by atoms with Crippen LogP contribution in [0.25, 0.3) is 38.3 Å². The summed E-state index contributed by atoms with van der Waals surface area (Å²) in [5, 5.41) is 5.26. The molecular weight excluding hydrogens is 508 g/mol. The van der Waals surface area contributed by atoms with E-state index in [4.69, 9.17) is 0 Å². The average molecular weight is 547 g/mol. The molecule has 7 rings (SSSR count). The summed E-state index contributed by atoms with van der Waals surface area (Å²) in [5.74, 6) is 0. The number of aromatic nitrogens is 1. The van der Waals surface area contributed by atoms with E-state index in [0.29, 0.717) is 0 Å². The van der Waals surface area contributed by atoms with Gasteiger partial charge in [0.1, 0.15) is 0 Å². The largest absolute Gasteiger partial charge is 0.311 e. The third-order valence-electron chi connectivity index (χ3n) is 8.67. The van der Waals surface area contributed by atoms with Crippen molar-refractivity contribution in [3.05, 3.63) is 132 Å². The highest BCUT2D eigenvalue weighted by molar-refractivity contribution is 6.24. The van der Waals surface area contributed by atoms with Crippen molar-refractivity contribution in [3.8, 4) is 5.69 Å². The van der Waals surface area contributed by atoms with E-state index < -0.39 is 0 Å². The van der Waals surface area contributed by atoms with Crippen LogP contribution in [-0.4, -0.2) is 4.57 Å². The van der Waals surface area contributed by atoms with Crippen LogP contribution in [0, 0.1) is 0 Å². The highest BCUT2D eigenvalue weighted by Crippen LogP contribution is 2.40. The SMILES string of the molecule is CC(C)(C)c1ccc(N(c2ccc(-n3c4cccc5ccc6cccc3c6c54)cc2)c2ccc(C(C)(C)C)cc2)cc1. The van der Waals surface area contributed by atoms with E-state index >= 15 is 0 Å². The fraction of sp³-hybridized carbons (Fsp3) is 0.200. The number of anilines is 3. The van der Waals surface area contributed by atoms with Gasteiger partial charge in [-0.2, -0.15) is 0 Å². The summed E-state index contributed by atoms with van der Waals surface area (Å²) < 4.78 is 2.41. The fourth-order valence-electron chi connectivity index (χ4n) is 6.32. The molecule has 0 N–H and O–H groups in total. The molecule has 0 bridgehead atoms. The first-order chi connectivity index (χ1) is 20.1. The van der Waals surface area contributed by atoms with Crippen molar-refractivity contribution in [3.63, 3.8) is 0 Å². The molecule has 6 aromatic carbocycles. The molecule has 7 aromatic rings. The van der Waals surface area contributed by atoms with Gasteiger partial charge < -0.3 is 9.47 Å². The van der Waals surface area contributed by atoms with Crippen LogP contribution in [-0.2, 0) is 10.8 Å².